The van der Waals surface area contributed by atoms with Gasteiger partial charge < -0.3 is 30.7 Å². The van der Waals surface area contributed by atoms with E-state index >= 15 is 0 Å². The average Bonchev–Trinajstić information content (AvgIpc) is 3.04. The topological polar surface area (TPSA) is 128 Å². The van der Waals surface area contributed by atoms with Crippen molar-refractivity contribution in [1.29, 1.82) is 0 Å². The second kappa shape index (κ2) is 14.5. The number of likely N-dealkylation sites (N-methyl/N-ethyl adjacent to an activating group) is 1. The minimum atomic E-state index is -0.526. The summed E-state index contributed by atoms with van der Waals surface area (Å²) in [6.45, 7) is 4.70. The molecular formula is C37H47ClN5O5+. The molecule has 0 bridgehead atoms. The van der Waals surface area contributed by atoms with Gasteiger partial charge in [0, 0.05) is 42.8 Å². The number of ether oxygens (including phenoxy) is 2. The number of hydrogen-bond donors (Lipinski definition) is 2. The summed E-state index contributed by atoms with van der Waals surface area (Å²) in [7, 11) is 5.39. The van der Waals surface area contributed by atoms with Gasteiger partial charge in [-0.1, -0.05) is 23.7 Å². The maximum atomic E-state index is 13.9. The number of nitrogens with two attached hydrogens (primary N) is 2. The van der Waals surface area contributed by atoms with Crippen LogP contribution in [0.15, 0.2) is 60.7 Å². The van der Waals surface area contributed by atoms with Gasteiger partial charge in [0.15, 0.2) is 18.0 Å². The highest BCUT2D eigenvalue weighted by Gasteiger charge is 2.42. The molecule has 256 valence electrons. The Morgan fingerprint density at radius 1 is 1.00 bits per heavy atom. The summed E-state index contributed by atoms with van der Waals surface area (Å²) in [5.74, 6) is 1.12. The Balaban J connectivity index is 1.36. The molecule has 2 atom stereocenters. The molecule has 0 saturated heterocycles. The van der Waals surface area contributed by atoms with Crippen LogP contribution < -0.4 is 30.7 Å². The zero-order chi connectivity index (χ0) is 34.7. The normalized spacial score (nSPS) is 20.5. The Bertz CT molecular complexity index is 1640. The predicted molar refractivity (Wildman–Crippen MR) is 189 cm³/mol. The van der Waals surface area contributed by atoms with Gasteiger partial charge in [-0.25, -0.2) is 9.28 Å². The minimum Gasteiger partial charge on any atom is -0.493 e. The third-order valence-electron chi connectivity index (χ3n) is 9.85. The molecular weight excluding hydrogens is 630 g/mol. The van der Waals surface area contributed by atoms with Crippen molar-refractivity contribution < 1.29 is 28.3 Å². The van der Waals surface area contributed by atoms with E-state index in [9.17, 15) is 14.4 Å². The fraction of sp³-hybridized carbons (Fsp3) is 0.432. The molecule has 1 unspecified atom stereocenters. The Labute approximate surface area is 288 Å². The molecule has 0 aromatic heterocycles. The quantitative estimate of drug-likeness (QED) is 0.247. The highest BCUT2D eigenvalue weighted by Crippen LogP contribution is 2.44. The minimum absolute atomic E-state index is 0.0161. The van der Waals surface area contributed by atoms with E-state index in [2.05, 4.69) is 24.1 Å². The van der Waals surface area contributed by atoms with Gasteiger partial charge >= 0.3 is 6.03 Å². The fourth-order valence-electron chi connectivity index (χ4n) is 7.30. The van der Waals surface area contributed by atoms with Crippen LogP contribution in [0.5, 0.6) is 11.5 Å². The van der Waals surface area contributed by atoms with E-state index in [0.717, 1.165) is 60.3 Å². The number of halogens is 1. The van der Waals surface area contributed by atoms with Gasteiger partial charge in [0.2, 0.25) is 5.91 Å². The van der Waals surface area contributed by atoms with E-state index in [0.29, 0.717) is 22.4 Å². The Kier molecular flexibility index (Phi) is 10.6. The van der Waals surface area contributed by atoms with Crippen molar-refractivity contribution >= 4 is 40.8 Å². The molecule has 48 heavy (non-hydrogen) atoms. The first-order valence-corrected chi connectivity index (χ1v) is 16.9. The van der Waals surface area contributed by atoms with Crippen LogP contribution in [0.2, 0.25) is 5.02 Å². The molecule has 3 aromatic rings. The Hall–Kier alpha value is -4.28. The van der Waals surface area contributed by atoms with E-state index in [1.807, 2.05) is 67.3 Å². The predicted octanol–water partition coefficient (Wildman–Crippen LogP) is 5.82. The molecule has 0 radical (unpaired) electrons. The van der Waals surface area contributed by atoms with Crippen molar-refractivity contribution in [2.75, 3.05) is 44.1 Å². The molecule has 5 rings (SSSR count). The highest BCUT2D eigenvalue weighted by atomic mass is 35.5. The number of primary amides is 2. The molecule has 4 N–H and O–H groups in total. The summed E-state index contributed by atoms with van der Waals surface area (Å²) < 4.78 is 11.6. The summed E-state index contributed by atoms with van der Waals surface area (Å²) in [6.07, 6.45) is 3.61. The number of carbonyl (C=O) groups excluding carboxylic acids is 3. The van der Waals surface area contributed by atoms with Crippen LogP contribution in [0.1, 0.15) is 62.3 Å². The molecule has 1 fully saturated rings. The summed E-state index contributed by atoms with van der Waals surface area (Å²) in [6, 6.07) is 18.7. The number of carbonyl (C=O) groups is 3. The molecule has 2 aliphatic rings. The van der Waals surface area contributed by atoms with Crippen molar-refractivity contribution in [2.45, 2.75) is 64.1 Å². The van der Waals surface area contributed by atoms with Crippen LogP contribution in [0.4, 0.5) is 16.2 Å². The average molecular weight is 677 g/mol. The first-order valence-electron chi connectivity index (χ1n) is 16.5. The number of anilines is 2. The van der Waals surface area contributed by atoms with Crippen LogP contribution in [0, 0.1) is 5.92 Å². The van der Waals surface area contributed by atoms with Crippen LogP contribution in [-0.2, 0) is 16.0 Å². The third kappa shape index (κ3) is 7.39. The summed E-state index contributed by atoms with van der Waals surface area (Å²) >= 11 is 6.27. The van der Waals surface area contributed by atoms with Gasteiger partial charge in [-0.3, -0.25) is 9.59 Å². The second-order valence-electron chi connectivity index (χ2n) is 13.6. The van der Waals surface area contributed by atoms with Gasteiger partial charge in [-0.15, -0.1) is 0 Å². The summed E-state index contributed by atoms with van der Waals surface area (Å²) in [4.78, 5) is 41.9. The molecule has 1 heterocycles. The lowest BCUT2D eigenvalue weighted by atomic mass is 9.84. The zero-order valence-electron chi connectivity index (χ0n) is 28.4. The van der Waals surface area contributed by atoms with Gasteiger partial charge in [0.05, 0.1) is 38.8 Å². The lowest BCUT2D eigenvalue weighted by molar-refractivity contribution is -0.849. The standard InChI is InChI=1S/C37H46ClN5O5/c1-23(2)48-33-20-31-26(18-32(33)47-5)19-35(45)42(36(31)25-8-10-27(38)11-9-25)29-14-12-28(13-15-29)41(3)21-24-6-16-30(17-7-24)43(4,37(40)46)22-34(39)44/h8-15,18,20,23-24,30,36H,6-7,16-17,19,21-22H2,1-5H3,(H3-,39,40,44,46)/p+1/t24?,30?,36-,43?/m0/s1. The third-order valence-corrected chi connectivity index (χ3v) is 10.1. The molecule has 1 aliphatic heterocycles. The molecule has 1 saturated carbocycles. The first kappa shape index (κ1) is 35.0. The lowest BCUT2D eigenvalue weighted by Crippen LogP contribution is -2.62. The largest absolute Gasteiger partial charge is 0.493 e. The second-order valence-corrected chi connectivity index (χ2v) is 14.0. The zero-order valence-corrected chi connectivity index (χ0v) is 29.2. The number of benzene rings is 3. The van der Waals surface area contributed by atoms with Crippen molar-refractivity contribution in [1.82, 2.24) is 0 Å². The van der Waals surface area contributed by atoms with Crippen molar-refractivity contribution in [3.63, 3.8) is 0 Å². The molecule has 10 nitrogen and oxygen atoms in total. The van der Waals surface area contributed by atoms with Crippen molar-refractivity contribution in [2.24, 2.45) is 17.4 Å². The van der Waals surface area contributed by atoms with E-state index < -0.39 is 18.0 Å². The number of methoxy groups -OCH3 is 1. The molecule has 3 aromatic carbocycles. The lowest BCUT2D eigenvalue weighted by Gasteiger charge is -2.41. The number of fused-ring (bicyclic) bond motifs is 1. The van der Waals surface area contributed by atoms with Gasteiger partial charge in [0.25, 0.3) is 5.91 Å². The smallest absolute Gasteiger partial charge is 0.414 e. The number of quaternary nitrogens is 1. The Morgan fingerprint density at radius 2 is 1.65 bits per heavy atom. The number of amides is 4. The Morgan fingerprint density at radius 3 is 2.21 bits per heavy atom. The monoisotopic (exact) mass is 676 g/mol. The van der Waals surface area contributed by atoms with E-state index in [1.54, 1.807) is 14.2 Å². The van der Waals surface area contributed by atoms with E-state index in [-0.39, 0.29) is 35.5 Å². The number of rotatable bonds is 11. The molecule has 1 aliphatic carbocycles. The van der Waals surface area contributed by atoms with E-state index in [1.165, 1.54) is 0 Å². The number of hydrogen-bond acceptors (Lipinski definition) is 6. The van der Waals surface area contributed by atoms with Crippen LogP contribution >= 0.6 is 11.6 Å². The van der Waals surface area contributed by atoms with Crippen LogP contribution in [0.3, 0.4) is 0 Å². The van der Waals surface area contributed by atoms with Crippen LogP contribution in [-0.4, -0.2) is 68.8 Å². The molecule has 11 heteroatoms. The first-order chi connectivity index (χ1) is 22.8. The SMILES string of the molecule is COc1cc2c(cc1OC(C)C)[C@H](c1ccc(Cl)cc1)N(c1ccc(N(C)CC3CCC([N+](C)(CC(N)=O)C(N)=O)CC3)cc1)C(=O)C2. The van der Waals surface area contributed by atoms with Gasteiger partial charge in [-0.2, -0.15) is 0 Å². The summed E-state index contributed by atoms with van der Waals surface area (Å²) in [5, 5.41) is 0.624. The van der Waals surface area contributed by atoms with Crippen molar-refractivity contribution in [3.05, 3.63) is 82.4 Å². The van der Waals surface area contributed by atoms with Gasteiger partial charge in [-0.05, 0) is 97.8 Å². The fourth-order valence-corrected chi connectivity index (χ4v) is 7.42. The maximum Gasteiger partial charge on any atom is 0.414 e. The van der Waals surface area contributed by atoms with E-state index in [4.69, 9.17) is 32.5 Å². The van der Waals surface area contributed by atoms with Crippen molar-refractivity contribution in [3.8, 4) is 11.5 Å². The summed E-state index contributed by atoms with van der Waals surface area (Å²) in [5.41, 5.74) is 15.8. The maximum absolute atomic E-state index is 13.9. The molecule has 4 amide bonds. The van der Waals surface area contributed by atoms with Gasteiger partial charge in [0.1, 0.15) is 0 Å². The molecule has 0 spiro atoms. The highest BCUT2D eigenvalue weighted by molar-refractivity contribution is 6.30. The number of urea groups is 1. The number of nitrogens with zero attached hydrogens (tertiary/aromatic N) is 3. The van der Waals surface area contributed by atoms with Crippen LogP contribution in [0.25, 0.3) is 0 Å².